The number of para-hydroxylation sites is 1. The molecular formula is C42H51FIN7O. The normalized spacial score (nSPS) is 13.5. The zero-order chi connectivity index (χ0) is 36.9. The lowest BCUT2D eigenvalue weighted by Gasteiger charge is -2.37. The maximum absolute atomic E-state index is 13.2. The van der Waals surface area contributed by atoms with Crippen LogP contribution in [0.25, 0.3) is 16.9 Å². The van der Waals surface area contributed by atoms with Crippen LogP contribution in [-0.2, 0) is 13.1 Å². The predicted octanol–water partition coefficient (Wildman–Crippen LogP) is 7.81. The molecule has 0 spiro atoms. The van der Waals surface area contributed by atoms with Gasteiger partial charge in [-0.25, -0.2) is 4.39 Å². The third-order valence-electron chi connectivity index (χ3n) is 9.33. The van der Waals surface area contributed by atoms with Crippen molar-refractivity contribution in [3.8, 4) is 34.5 Å². The number of rotatable bonds is 12. The fourth-order valence-corrected chi connectivity index (χ4v) is 7.13. The largest absolute Gasteiger partial charge is 0.507 e. The van der Waals surface area contributed by atoms with E-state index in [1.54, 1.807) is 12.1 Å². The summed E-state index contributed by atoms with van der Waals surface area (Å²) in [5.74, 6) is 7.46. The van der Waals surface area contributed by atoms with Crippen LogP contribution in [0.4, 0.5) is 10.1 Å². The fourth-order valence-electron chi connectivity index (χ4n) is 6.45. The summed E-state index contributed by atoms with van der Waals surface area (Å²) in [6.45, 7) is 12.0. The highest BCUT2D eigenvalue weighted by molar-refractivity contribution is 14.1. The minimum atomic E-state index is -0.230. The number of anilines is 1. The minimum absolute atomic E-state index is 0.230. The van der Waals surface area contributed by atoms with Gasteiger partial charge in [0.15, 0.2) is 5.82 Å². The SMILES string of the molecule is CCN(CC)C1CCN(Cc2cc(C#CCNc3ccccc3)cc(I)c2O)CC1.CN(C)CCn1cc(-c2ccc(F)cc2)c(-n2cccc2)n1. The summed E-state index contributed by atoms with van der Waals surface area (Å²) >= 11 is 2.20. The van der Waals surface area contributed by atoms with Crippen LogP contribution >= 0.6 is 22.6 Å². The molecule has 274 valence electrons. The number of benzene rings is 3. The van der Waals surface area contributed by atoms with Gasteiger partial charge in [-0.3, -0.25) is 9.58 Å². The van der Waals surface area contributed by atoms with E-state index in [9.17, 15) is 9.50 Å². The highest BCUT2D eigenvalue weighted by atomic mass is 127. The summed E-state index contributed by atoms with van der Waals surface area (Å²) in [7, 11) is 4.08. The van der Waals surface area contributed by atoms with Gasteiger partial charge < -0.3 is 24.8 Å². The lowest BCUT2D eigenvalue weighted by molar-refractivity contribution is 0.112. The first-order valence-corrected chi connectivity index (χ1v) is 19.2. The summed E-state index contributed by atoms with van der Waals surface area (Å²) in [6.07, 6.45) is 8.34. The molecule has 8 nitrogen and oxygen atoms in total. The van der Waals surface area contributed by atoms with E-state index in [0.29, 0.717) is 18.3 Å². The Labute approximate surface area is 322 Å². The molecule has 1 aliphatic heterocycles. The third kappa shape index (κ3) is 11.2. The summed E-state index contributed by atoms with van der Waals surface area (Å²) in [6, 6.07) is 25.3. The molecule has 3 aromatic carbocycles. The Morgan fingerprint density at radius 3 is 2.31 bits per heavy atom. The number of aromatic nitrogens is 3. The second-order valence-corrected chi connectivity index (χ2v) is 14.4. The number of nitrogens with one attached hydrogen (secondary N) is 1. The lowest BCUT2D eigenvalue weighted by Crippen LogP contribution is -2.44. The third-order valence-corrected chi connectivity index (χ3v) is 10.2. The van der Waals surface area contributed by atoms with E-state index in [2.05, 4.69) is 73.4 Å². The second kappa shape index (κ2) is 19.6. The van der Waals surface area contributed by atoms with Gasteiger partial charge in [0.1, 0.15) is 11.6 Å². The number of likely N-dealkylation sites (tertiary alicyclic amines) is 1. The van der Waals surface area contributed by atoms with Gasteiger partial charge in [-0.15, -0.1) is 0 Å². The molecule has 5 aromatic rings. The number of aromatic hydroxyl groups is 1. The van der Waals surface area contributed by atoms with Gasteiger partial charge in [-0.2, -0.15) is 5.10 Å². The average Bonchev–Trinajstić information content (AvgIpc) is 3.84. The van der Waals surface area contributed by atoms with Crippen molar-refractivity contribution < 1.29 is 9.50 Å². The zero-order valence-electron chi connectivity index (χ0n) is 30.8. The molecule has 10 heteroatoms. The Balaban J connectivity index is 0.000000210. The minimum Gasteiger partial charge on any atom is -0.507 e. The molecule has 0 atom stereocenters. The zero-order valence-corrected chi connectivity index (χ0v) is 32.9. The summed E-state index contributed by atoms with van der Waals surface area (Å²) in [5.41, 5.74) is 4.96. The van der Waals surface area contributed by atoms with E-state index in [4.69, 9.17) is 0 Å². The van der Waals surface area contributed by atoms with Gasteiger partial charge in [0.2, 0.25) is 0 Å². The molecule has 0 unspecified atom stereocenters. The fraction of sp³-hybridized carbons (Fsp3) is 0.357. The van der Waals surface area contributed by atoms with Gasteiger partial charge in [-0.1, -0.05) is 56.0 Å². The van der Waals surface area contributed by atoms with Crippen LogP contribution in [-0.4, -0.2) is 93.6 Å². The topological polar surface area (TPSA) is 64.7 Å². The van der Waals surface area contributed by atoms with E-state index in [-0.39, 0.29) is 5.82 Å². The molecule has 1 aliphatic rings. The predicted molar refractivity (Wildman–Crippen MR) is 219 cm³/mol. The Morgan fingerprint density at radius 2 is 1.65 bits per heavy atom. The number of nitrogens with zero attached hydrogens (tertiary/aromatic N) is 6. The molecule has 2 N–H and O–H groups in total. The van der Waals surface area contributed by atoms with E-state index in [1.807, 2.05) is 96.5 Å². The molecule has 0 amide bonds. The van der Waals surface area contributed by atoms with Crippen molar-refractivity contribution >= 4 is 28.3 Å². The molecular weight excluding hydrogens is 764 g/mol. The molecule has 0 aliphatic carbocycles. The van der Waals surface area contributed by atoms with Crippen molar-refractivity contribution in [2.75, 3.05) is 58.7 Å². The van der Waals surface area contributed by atoms with Crippen LogP contribution in [0.3, 0.4) is 0 Å². The number of hydrogen-bond donors (Lipinski definition) is 2. The molecule has 2 aromatic heterocycles. The van der Waals surface area contributed by atoms with Gasteiger partial charge in [-0.05, 0) is 130 Å². The van der Waals surface area contributed by atoms with Crippen LogP contribution in [0.5, 0.6) is 5.75 Å². The molecule has 1 saturated heterocycles. The van der Waals surface area contributed by atoms with E-state index in [0.717, 1.165) is 83.1 Å². The van der Waals surface area contributed by atoms with E-state index in [1.165, 1.54) is 25.0 Å². The van der Waals surface area contributed by atoms with Crippen molar-refractivity contribution in [3.63, 3.8) is 0 Å². The van der Waals surface area contributed by atoms with Gasteiger partial charge >= 0.3 is 0 Å². The van der Waals surface area contributed by atoms with Gasteiger partial charge in [0, 0.05) is 60.1 Å². The maximum Gasteiger partial charge on any atom is 0.166 e. The first-order chi connectivity index (χ1) is 25.2. The van der Waals surface area contributed by atoms with Crippen LogP contribution < -0.4 is 5.32 Å². The summed E-state index contributed by atoms with van der Waals surface area (Å²) in [4.78, 5) is 7.14. The first kappa shape index (κ1) is 39.1. The molecule has 6 rings (SSSR count). The molecule has 1 fully saturated rings. The van der Waals surface area contributed by atoms with Crippen molar-refractivity contribution in [2.24, 2.45) is 0 Å². The smallest absolute Gasteiger partial charge is 0.166 e. The average molecular weight is 816 g/mol. The summed E-state index contributed by atoms with van der Waals surface area (Å²) in [5, 5.41) is 18.6. The van der Waals surface area contributed by atoms with E-state index < -0.39 is 0 Å². The van der Waals surface area contributed by atoms with Crippen molar-refractivity contribution in [1.82, 2.24) is 29.0 Å². The van der Waals surface area contributed by atoms with Crippen molar-refractivity contribution in [2.45, 2.75) is 45.8 Å². The maximum atomic E-state index is 13.2. The van der Waals surface area contributed by atoms with Crippen LogP contribution in [0.1, 0.15) is 37.8 Å². The Hall–Kier alpha value is -4.15. The quantitative estimate of drug-likeness (QED) is 0.0991. The Bertz CT molecular complexity index is 1870. The van der Waals surface area contributed by atoms with Crippen LogP contribution in [0, 0.1) is 21.2 Å². The molecule has 52 heavy (non-hydrogen) atoms. The monoisotopic (exact) mass is 815 g/mol. The number of piperidine rings is 1. The molecule has 3 heterocycles. The van der Waals surface area contributed by atoms with Crippen LogP contribution in [0.15, 0.2) is 97.5 Å². The molecule has 0 bridgehead atoms. The Kier molecular flexibility index (Phi) is 14.7. The van der Waals surface area contributed by atoms with Crippen LogP contribution in [0.2, 0.25) is 0 Å². The standard InChI is InChI=1S/C25H32IN3O.C17H19FN4/c1-3-29(4-2)23-12-15-28(16-13-23)19-21-17-20(18-24(26)25(21)30)9-8-14-27-22-10-6-5-7-11-22;1-20(2)11-12-22-13-16(14-5-7-15(18)8-6-14)17(19-22)21-9-3-4-10-21/h5-7,10-11,17-18,23,27,30H,3-4,12-16,19H2,1-2H3;3-10,13H,11-12H2,1-2H3. The number of hydrogen-bond acceptors (Lipinski definition) is 6. The van der Waals surface area contributed by atoms with Crippen molar-refractivity contribution in [1.29, 1.82) is 0 Å². The van der Waals surface area contributed by atoms with Crippen molar-refractivity contribution in [3.05, 3.63) is 118 Å². The number of likely N-dealkylation sites (N-methyl/N-ethyl adjacent to an activating group) is 1. The summed E-state index contributed by atoms with van der Waals surface area (Å²) < 4.78 is 17.9. The molecule has 0 saturated carbocycles. The first-order valence-electron chi connectivity index (χ1n) is 18.1. The number of phenols is 1. The van der Waals surface area contributed by atoms with Gasteiger partial charge in [0.25, 0.3) is 0 Å². The highest BCUT2D eigenvalue weighted by Crippen LogP contribution is 2.29. The highest BCUT2D eigenvalue weighted by Gasteiger charge is 2.23. The second-order valence-electron chi connectivity index (χ2n) is 13.2. The van der Waals surface area contributed by atoms with E-state index >= 15 is 0 Å². The number of phenolic OH excluding ortho intramolecular Hbond substituents is 1. The molecule has 0 radical (unpaired) electrons. The Morgan fingerprint density at radius 1 is 0.962 bits per heavy atom. The lowest BCUT2D eigenvalue weighted by atomic mass is 10.0. The number of halogens is 2. The van der Waals surface area contributed by atoms with Gasteiger partial charge in [0.05, 0.1) is 16.7 Å².